The highest BCUT2D eigenvalue weighted by Crippen LogP contribution is 2.36. The van der Waals surface area contributed by atoms with Crippen molar-refractivity contribution in [1.82, 2.24) is 20.1 Å². The summed E-state index contributed by atoms with van der Waals surface area (Å²) in [5.74, 6) is 2.26. The fraction of sp³-hybridized carbons (Fsp3) is 0.455. The smallest absolute Gasteiger partial charge is 0.324 e. The molecule has 4 heterocycles. The Morgan fingerprint density at radius 2 is 2.03 bits per heavy atom. The van der Waals surface area contributed by atoms with Crippen LogP contribution < -0.4 is 14.5 Å². The number of anilines is 3. The largest absolute Gasteiger partial charge is 0.474 e. The van der Waals surface area contributed by atoms with E-state index in [4.69, 9.17) is 9.26 Å². The minimum Gasteiger partial charge on any atom is -0.474 e. The summed E-state index contributed by atoms with van der Waals surface area (Å²) in [6.07, 6.45) is 7.39. The molecular formula is C22H26N6O2S. The van der Waals surface area contributed by atoms with Crippen molar-refractivity contribution < 1.29 is 9.26 Å². The van der Waals surface area contributed by atoms with E-state index >= 15 is 0 Å². The number of aromatic nitrogens is 4. The minimum atomic E-state index is 0.113. The molecule has 1 aromatic carbocycles. The van der Waals surface area contributed by atoms with Crippen molar-refractivity contribution in [2.24, 2.45) is 0 Å². The van der Waals surface area contributed by atoms with Crippen molar-refractivity contribution in [3.63, 3.8) is 0 Å². The Labute approximate surface area is 186 Å². The summed E-state index contributed by atoms with van der Waals surface area (Å²) in [5, 5.41) is 3.99. The Morgan fingerprint density at radius 1 is 1.16 bits per heavy atom. The molecule has 1 saturated heterocycles. The Balaban J connectivity index is 1.23. The first-order valence-corrected chi connectivity index (χ1v) is 12.0. The van der Waals surface area contributed by atoms with Gasteiger partial charge < -0.3 is 19.1 Å². The third kappa shape index (κ3) is 4.19. The lowest BCUT2D eigenvalue weighted by Crippen LogP contribution is -2.38. The Morgan fingerprint density at radius 3 is 2.81 bits per heavy atom. The quantitative estimate of drug-likeness (QED) is 0.533. The van der Waals surface area contributed by atoms with E-state index in [1.165, 1.54) is 16.1 Å². The third-order valence-corrected chi connectivity index (χ3v) is 6.59. The van der Waals surface area contributed by atoms with Crippen LogP contribution in [0.1, 0.15) is 31.2 Å². The molecule has 0 N–H and O–H groups in total. The van der Waals surface area contributed by atoms with Gasteiger partial charge >= 0.3 is 6.01 Å². The van der Waals surface area contributed by atoms with Gasteiger partial charge in [-0.1, -0.05) is 12.1 Å². The summed E-state index contributed by atoms with van der Waals surface area (Å²) in [4.78, 5) is 19.0. The zero-order valence-electron chi connectivity index (χ0n) is 17.8. The molecule has 2 aliphatic heterocycles. The van der Waals surface area contributed by atoms with Gasteiger partial charge in [0.25, 0.3) is 0 Å². The van der Waals surface area contributed by atoms with Crippen LogP contribution >= 0.6 is 11.8 Å². The van der Waals surface area contributed by atoms with Gasteiger partial charge in [0.05, 0.1) is 0 Å². The van der Waals surface area contributed by atoms with Gasteiger partial charge in [-0.3, -0.25) is 0 Å². The first kappa shape index (κ1) is 20.1. The zero-order chi connectivity index (χ0) is 21.2. The van der Waals surface area contributed by atoms with Crippen LogP contribution in [-0.2, 0) is 12.8 Å². The van der Waals surface area contributed by atoms with Crippen molar-refractivity contribution in [3.8, 4) is 5.88 Å². The number of benzene rings is 1. The van der Waals surface area contributed by atoms with Gasteiger partial charge in [-0.25, -0.2) is 9.97 Å². The molecule has 0 spiro atoms. The van der Waals surface area contributed by atoms with Gasteiger partial charge in [0.1, 0.15) is 18.2 Å². The molecule has 8 nitrogen and oxygen atoms in total. The molecular weight excluding hydrogens is 412 g/mol. The van der Waals surface area contributed by atoms with Crippen LogP contribution in [0.5, 0.6) is 5.88 Å². The molecule has 0 radical (unpaired) electrons. The van der Waals surface area contributed by atoms with E-state index in [1.54, 1.807) is 18.1 Å². The van der Waals surface area contributed by atoms with Gasteiger partial charge in [-0.15, -0.1) is 11.8 Å². The maximum Gasteiger partial charge on any atom is 0.324 e. The number of ether oxygens (including phenoxy) is 1. The highest BCUT2D eigenvalue weighted by molar-refractivity contribution is 7.98. The summed E-state index contributed by atoms with van der Waals surface area (Å²) in [5.41, 5.74) is 2.59. The molecule has 0 saturated carbocycles. The average Bonchev–Trinajstić information content (AvgIpc) is 3.46. The van der Waals surface area contributed by atoms with Crippen molar-refractivity contribution >= 4 is 29.3 Å². The van der Waals surface area contributed by atoms with E-state index < -0.39 is 0 Å². The highest BCUT2D eigenvalue weighted by Gasteiger charge is 2.26. The minimum absolute atomic E-state index is 0.113. The number of hydrogen-bond donors (Lipinski definition) is 0. The molecule has 31 heavy (non-hydrogen) atoms. The van der Waals surface area contributed by atoms with Crippen LogP contribution in [0.25, 0.3) is 0 Å². The molecule has 9 heteroatoms. The summed E-state index contributed by atoms with van der Waals surface area (Å²) in [7, 11) is 0. The summed E-state index contributed by atoms with van der Waals surface area (Å²) in [6.45, 7) is 4.59. The predicted octanol–water partition coefficient (Wildman–Crippen LogP) is 3.89. The van der Waals surface area contributed by atoms with Crippen LogP contribution in [0, 0.1) is 0 Å². The van der Waals surface area contributed by atoms with E-state index in [1.807, 2.05) is 13.0 Å². The van der Waals surface area contributed by atoms with Gasteiger partial charge in [-0.2, -0.15) is 4.98 Å². The third-order valence-electron chi connectivity index (χ3n) is 5.86. The summed E-state index contributed by atoms with van der Waals surface area (Å²) < 4.78 is 11.6. The van der Waals surface area contributed by atoms with E-state index in [0.717, 1.165) is 57.0 Å². The van der Waals surface area contributed by atoms with E-state index in [0.29, 0.717) is 11.9 Å². The second-order valence-electron chi connectivity index (χ2n) is 7.76. The summed E-state index contributed by atoms with van der Waals surface area (Å²) in [6, 6.07) is 9.20. The molecule has 1 fully saturated rings. The fourth-order valence-electron chi connectivity index (χ4n) is 4.14. The van der Waals surface area contributed by atoms with Gasteiger partial charge in [0, 0.05) is 55.5 Å². The standard InChI is InChI=1S/C22H26N6O2S/c1-3-19-25-22(30-26-19)27-9-7-16(8-10-27)29-21-13-20(23-14-24-21)28-11-6-15-12-17(31-2)4-5-18(15)28/h4-5,12-14,16H,3,6-11H2,1-2H3. The van der Waals surface area contributed by atoms with Crippen molar-refractivity contribution in [3.05, 3.63) is 42.0 Å². The number of hydrogen-bond acceptors (Lipinski definition) is 9. The first-order valence-electron chi connectivity index (χ1n) is 10.7. The lowest BCUT2D eigenvalue weighted by Gasteiger charge is -2.30. The van der Waals surface area contributed by atoms with Gasteiger partial charge in [0.15, 0.2) is 5.82 Å². The second kappa shape index (κ2) is 8.74. The molecule has 162 valence electrons. The number of fused-ring (bicyclic) bond motifs is 1. The highest BCUT2D eigenvalue weighted by atomic mass is 32.2. The van der Waals surface area contributed by atoms with Crippen molar-refractivity contribution in [1.29, 1.82) is 0 Å². The molecule has 0 unspecified atom stereocenters. The molecule has 2 aliphatic rings. The van der Waals surface area contributed by atoms with Crippen LogP contribution in [-0.4, -0.2) is 52.1 Å². The second-order valence-corrected chi connectivity index (χ2v) is 8.64. The molecule has 5 rings (SSSR count). The summed E-state index contributed by atoms with van der Waals surface area (Å²) >= 11 is 1.77. The van der Waals surface area contributed by atoms with Gasteiger partial charge in [0.2, 0.25) is 5.88 Å². The maximum absolute atomic E-state index is 6.22. The average molecular weight is 439 g/mol. The molecule has 0 atom stereocenters. The van der Waals surface area contributed by atoms with Crippen molar-refractivity contribution in [2.45, 2.75) is 43.6 Å². The molecule has 2 aromatic heterocycles. The first-order chi connectivity index (χ1) is 15.2. The Bertz CT molecular complexity index is 1050. The van der Waals surface area contributed by atoms with Crippen LogP contribution in [0.3, 0.4) is 0 Å². The lowest BCUT2D eigenvalue weighted by molar-refractivity contribution is 0.161. The van der Waals surface area contributed by atoms with E-state index in [9.17, 15) is 0 Å². The SMILES string of the molecule is CCc1noc(N2CCC(Oc3cc(N4CCc5cc(SC)ccc54)ncn3)CC2)n1. The monoisotopic (exact) mass is 438 g/mol. The van der Waals surface area contributed by atoms with Crippen LogP contribution in [0.15, 0.2) is 40.0 Å². The van der Waals surface area contributed by atoms with Gasteiger partial charge in [-0.05, 0) is 36.4 Å². The van der Waals surface area contributed by atoms with Crippen molar-refractivity contribution in [2.75, 3.05) is 35.7 Å². The molecule has 0 aliphatic carbocycles. The number of aryl methyl sites for hydroxylation is 1. The molecule has 3 aromatic rings. The number of nitrogens with zero attached hydrogens (tertiary/aromatic N) is 6. The van der Waals surface area contributed by atoms with Crippen LogP contribution in [0.2, 0.25) is 0 Å². The molecule has 0 amide bonds. The van der Waals surface area contributed by atoms with E-state index in [2.05, 4.69) is 54.4 Å². The Hall–Kier alpha value is -2.81. The normalized spacial score (nSPS) is 16.6. The molecule has 0 bridgehead atoms. The number of piperidine rings is 1. The predicted molar refractivity (Wildman–Crippen MR) is 121 cm³/mol. The van der Waals surface area contributed by atoms with E-state index in [-0.39, 0.29) is 6.10 Å². The topological polar surface area (TPSA) is 80.4 Å². The maximum atomic E-state index is 6.22. The Kier molecular flexibility index (Phi) is 5.67. The number of thioether (sulfide) groups is 1. The number of rotatable bonds is 6. The lowest BCUT2D eigenvalue weighted by atomic mass is 10.1. The fourth-order valence-corrected chi connectivity index (χ4v) is 4.60. The van der Waals surface area contributed by atoms with Crippen LogP contribution in [0.4, 0.5) is 17.5 Å². The zero-order valence-corrected chi connectivity index (χ0v) is 18.6.